The molecule has 2 aromatic rings. The Balaban J connectivity index is 1.85. The fraction of sp³-hybridized carbons (Fsp3) is 0.368. The van der Waals surface area contributed by atoms with E-state index in [2.05, 4.69) is 10.3 Å². The fourth-order valence-electron chi connectivity index (χ4n) is 3.19. The second-order valence-electron chi connectivity index (χ2n) is 6.40. The Labute approximate surface area is 140 Å². The minimum atomic E-state index is -0.375. The first-order chi connectivity index (χ1) is 11.5. The normalized spacial score (nSPS) is 20.6. The molecule has 5 nitrogen and oxygen atoms in total. The van der Waals surface area contributed by atoms with E-state index in [9.17, 15) is 14.7 Å². The molecule has 1 heterocycles. The van der Waals surface area contributed by atoms with Crippen LogP contribution in [0.5, 0.6) is 0 Å². The molecule has 24 heavy (non-hydrogen) atoms. The zero-order chi connectivity index (χ0) is 17.1. The maximum atomic E-state index is 12.5. The first-order valence-electron chi connectivity index (χ1n) is 8.33. The number of hydrogen-bond acceptors (Lipinski definition) is 3. The van der Waals surface area contributed by atoms with Crippen LogP contribution in [-0.2, 0) is 0 Å². The fourth-order valence-corrected chi connectivity index (χ4v) is 3.19. The molecule has 3 N–H and O–H groups in total. The van der Waals surface area contributed by atoms with Gasteiger partial charge in [-0.2, -0.15) is 0 Å². The lowest BCUT2D eigenvalue weighted by Crippen LogP contribution is -2.40. The number of H-pyrrole nitrogens is 1. The van der Waals surface area contributed by atoms with Crippen LogP contribution in [0.25, 0.3) is 11.1 Å². The van der Waals surface area contributed by atoms with Crippen molar-refractivity contribution >= 4 is 5.91 Å². The summed E-state index contributed by atoms with van der Waals surface area (Å²) in [6, 6.07) is 11.4. The standard InChI is InChI=1S/C19H22N2O3/c1-12-16(13-5-3-2-4-6-13)11-17(18(23)20-12)19(24)21-14-7-9-15(22)10-8-14/h2-6,11,14-15,22H,7-10H2,1H3,(H,20,23)(H,21,24). The van der Waals surface area contributed by atoms with Crippen LogP contribution >= 0.6 is 0 Å². The number of carbonyl (C=O) groups is 1. The lowest BCUT2D eigenvalue weighted by atomic mass is 9.93. The Kier molecular flexibility index (Phi) is 4.81. The van der Waals surface area contributed by atoms with Crippen LogP contribution in [0.1, 0.15) is 41.7 Å². The van der Waals surface area contributed by atoms with Gasteiger partial charge in [0.2, 0.25) is 0 Å². The van der Waals surface area contributed by atoms with Crippen molar-refractivity contribution in [2.45, 2.75) is 44.8 Å². The summed E-state index contributed by atoms with van der Waals surface area (Å²) in [6.45, 7) is 1.83. The maximum Gasteiger partial charge on any atom is 0.261 e. The predicted molar refractivity (Wildman–Crippen MR) is 93.0 cm³/mol. The highest BCUT2D eigenvalue weighted by atomic mass is 16.3. The molecule has 0 unspecified atom stereocenters. The molecule has 1 amide bonds. The Hall–Kier alpha value is -2.40. The lowest BCUT2D eigenvalue weighted by Gasteiger charge is -2.26. The van der Waals surface area contributed by atoms with Crippen molar-refractivity contribution in [3.05, 3.63) is 58.0 Å². The molecule has 0 radical (unpaired) electrons. The molecular weight excluding hydrogens is 304 g/mol. The van der Waals surface area contributed by atoms with E-state index >= 15 is 0 Å². The van der Waals surface area contributed by atoms with Crippen molar-refractivity contribution in [2.75, 3.05) is 0 Å². The van der Waals surface area contributed by atoms with Crippen LogP contribution in [0.2, 0.25) is 0 Å². The van der Waals surface area contributed by atoms with Crippen molar-refractivity contribution < 1.29 is 9.90 Å². The van der Waals surface area contributed by atoms with Crippen LogP contribution in [0.15, 0.2) is 41.2 Å². The van der Waals surface area contributed by atoms with Gasteiger partial charge < -0.3 is 15.4 Å². The average molecular weight is 326 g/mol. The van der Waals surface area contributed by atoms with E-state index in [1.807, 2.05) is 37.3 Å². The van der Waals surface area contributed by atoms with Crippen molar-refractivity contribution in [3.63, 3.8) is 0 Å². The number of aliphatic hydroxyl groups is 1. The van der Waals surface area contributed by atoms with Crippen LogP contribution < -0.4 is 10.9 Å². The number of pyridine rings is 1. The maximum absolute atomic E-state index is 12.5. The van der Waals surface area contributed by atoms with E-state index in [1.54, 1.807) is 6.07 Å². The number of hydrogen-bond donors (Lipinski definition) is 3. The highest BCUT2D eigenvalue weighted by molar-refractivity contribution is 5.95. The zero-order valence-corrected chi connectivity index (χ0v) is 13.7. The average Bonchev–Trinajstić information content (AvgIpc) is 2.58. The highest BCUT2D eigenvalue weighted by Gasteiger charge is 2.22. The molecule has 1 saturated carbocycles. The van der Waals surface area contributed by atoms with E-state index in [0.29, 0.717) is 12.8 Å². The summed E-state index contributed by atoms with van der Waals surface area (Å²) in [5, 5.41) is 12.5. The Morgan fingerprint density at radius 1 is 1.17 bits per heavy atom. The molecule has 0 bridgehead atoms. The van der Waals surface area contributed by atoms with Gasteiger partial charge >= 0.3 is 0 Å². The van der Waals surface area contributed by atoms with Gasteiger partial charge in [0.05, 0.1) is 6.10 Å². The van der Waals surface area contributed by atoms with Crippen molar-refractivity contribution in [3.8, 4) is 11.1 Å². The van der Waals surface area contributed by atoms with Gasteiger partial charge in [0, 0.05) is 17.3 Å². The van der Waals surface area contributed by atoms with Crippen molar-refractivity contribution in [1.82, 2.24) is 10.3 Å². The smallest absolute Gasteiger partial charge is 0.261 e. The molecule has 1 fully saturated rings. The first kappa shape index (κ1) is 16.5. The molecule has 1 aliphatic rings. The SMILES string of the molecule is Cc1[nH]c(=O)c(C(=O)NC2CCC(O)CC2)cc1-c1ccccc1. The summed E-state index contributed by atoms with van der Waals surface area (Å²) < 4.78 is 0. The van der Waals surface area contributed by atoms with Gasteiger partial charge in [0.1, 0.15) is 5.56 Å². The zero-order valence-electron chi connectivity index (χ0n) is 13.7. The first-order valence-corrected chi connectivity index (χ1v) is 8.33. The second-order valence-corrected chi connectivity index (χ2v) is 6.40. The number of aliphatic hydroxyl groups excluding tert-OH is 1. The minimum absolute atomic E-state index is 0.0155. The summed E-state index contributed by atoms with van der Waals surface area (Å²) in [5.41, 5.74) is 2.30. The van der Waals surface area contributed by atoms with Crippen LogP contribution in [0, 0.1) is 6.92 Å². The van der Waals surface area contributed by atoms with E-state index in [1.165, 1.54) is 0 Å². The summed E-state index contributed by atoms with van der Waals surface area (Å²) in [5.74, 6) is -0.352. The number of benzene rings is 1. The van der Waals surface area contributed by atoms with E-state index in [0.717, 1.165) is 29.7 Å². The van der Waals surface area contributed by atoms with Gasteiger partial charge in [-0.3, -0.25) is 9.59 Å². The molecule has 1 aromatic heterocycles. The van der Waals surface area contributed by atoms with Crippen LogP contribution in [0.3, 0.4) is 0 Å². The second kappa shape index (κ2) is 7.01. The number of nitrogens with one attached hydrogen (secondary N) is 2. The summed E-state index contributed by atoms with van der Waals surface area (Å²) >= 11 is 0. The summed E-state index contributed by atoms with van der Waals surface area (Å²) in [7, 11) is 0. The molecule has 0 saturated heterocycles. The molecule has 1 aromatic carbocycles. The van der Waals surface area contributed by atoms with Gasteiger partial charge in [0.15, 0.2) is 0 Å². The van der Waals surface area contributed by atoms with Crippen molar-refractivity contribution in [2.24, 2.45) is 0 Å². The third-order valence-electron chi connectivity index (χ3n) is 4.60. The molecule has 5 heteroatoms. The molecular formula is C19H22N2O3. The molecule has 0 aliphatic heterocycles. The topological polar surface area (TPSA) is 82.2 Å². The van der Waals surface area contributed by atoms with E-state index < -0.39 is 0 Å². The summed E-state index contributed by atoms with van der Waals surface area (Å²) in [4.78, 5) is 27.5. The number of carbonyl (C=O) groups excluding carboxylic acids is 1. The van der Waals surface area contributed by atoms with Crippen molar-refractivity contribution in [1.29, 1.82) is 0 Å². The number of rotatable bonds is 3. The quantitative estimate of drug-likeness (QED) is 0.810. The van der Waals surface area contributed by atoms with Gasteiger partial charge in [-0.1, -0.05) is 30.3 Å². The predicted octanol–water partition coefficient (Wildman–Crippen LogP) is 2.38. The number of aryl methyl sites for hydroxylation is 1. The molecule has 0 spiro atoms. The monoisotopic (exact) mass is 326 g/mol. The summed E-state index contributed by atoms with van der Waals surface area (Å²) in [6.07, 6.45) is 2.57. The number of aromatic amines is 1. The molecule has 126 valence electrons. The molecule has 1 aliphatic carbocycles. The van der Waals surface area contributed by atoms with Crippen LogP contribution in [-0.4, -0.2) is 28.1 Å². The van der Waals surface area contributed by atoms with E-state index in [4.69, 9.17) is 0 Å². The number of amides is 1. The Morgan fingerprint density at radius 3 is 2.50 bits per heavy atom. The van der Waals surface area contributed by atoms with Gasteiger partial charge in [-0.05, 0) is 44.2 Å². The van der Waals surface area contributed by atoms with Crippen LogP contribution in [0.4, 0.5) is 0 Å². The lowest BCUT2D eigenvalue weighted by molar-refractivity contribution is 0.0866. The molecule has 3 rings (SSSR count). The minimum Gasteiger partial charge on any atom is -0.393 e. The third kappa shape index (κ3) is 3.57. The Bertz CT molecular complexity index is 775. The van der Waals surface area contributed by atoms with E-state index in [-0.39, 0.29) is 29.2 Å². The van der Waals surface area contributed by atoms with Gasteiger partial charge in [0.25, 0.3) is 11.5 Å². The largest absolute Gasteiger partial charge is 0.393 e. The highest BCUT2D eigenvalue weighted by Crippen LogP contribution is 2.22. The molecule has 0 atom stereocenters. The van der Waals surface area contributed by atoms with Gasteiger partial charge in [-0.25, -0.2) is 0 Å². The third-order valence-corrected chi connectivity index (χ3v) is 4.60. The van der Waals surface area contributed by atoms with Gasteiger partial charge in [-0.15, -0.1) is 0 Å². The Morgan fingerprint density at radius 2 is 1.83 bits per heavy atom. The number of aromatic nitrogens is 1.